The Kier molecular flexibility index (Phi) is 2.26. The van der Waals surface area contributed by atoms with Gasteiger partial charge in [-0.1, -0.05) is 35.9 Å². The molecule has 1 aliphatic rings. The standard InChI is InChI=1S/C12H13/c1-2-6-11(7-3-1)10-12-8-4-5-9-12/h1-3,6-7H,4-5,8,10H2. The second kappa shape index (κ2) is 3.57. The highest BCUT2D eigenvalue weighted by atomic mass is 14.1. The van der Waals surface area contributed by atoms with Gasteiger partial charge in [0.2, 0.25) is 0 Å². The summed E-state index contributed by atoms with van der Waals surface area (Å²) in [4.78, 5) is 0. The van der Waals surface area contributed by atoms with Crippen molar-refractivity contribution in [2.45, 2.75) is 25.7 Å². The SMILES string of the molecule is [C]1=C(Cc2ccccc2)CCC1. The molecular formula is C12H13. The maximum Gasteiger partial charge on any atom is -0.00612 e. The Morgan fingerprint density at radius 1 is 1.17 bits per heavy atom. The van der Waals surface area contributed by atoms with E-state index < -0.39 is 0 Å². The van der Waals surface area contributed by atoms with Gasteiger partial charge in [0.05, 0.1) is 0 Å². The summed E-state index contributed by atoms with van der Waals surface area (Å²) in [6.07, 6.45) is 8.27. The van der Waals surface area contributed by atoms with Gasteiger partial charge in [-0.15, -0.1) is 0 Å². The number of hydrogen-bond acceptors (Lipinski definition) is 0. The average molecular weight is 157 g/mol. The van der Waals surface area contributed by atoms with Crippen molar-refractivity contribution < 1.29 is 0 Å². The lowest BCUT2D eigenvalue weighted by Gasteiger charge is -2.00. The fourth-order valence-corrected chi connectivity index (χ4v) is 1.65. The summed E-state index contributed by atoms with van der Waals surface area (Å²) in [6.45, 7) is 0. The molecule has 12 heavy (non-hydrogen) atoms. The molecule has 0 bridgehead atoms. The molecule has 0 N–H and O–H groups in total. The van der Waals surface area contributed by atoms with Gasteiger partial charge in [-0.25, -0.2) is 0 Å². The average Bonchev–Trinajstić information content (AvgIpc) is 2.59. The van der Waals surface area contributed by atoms with E-state index in [4.69, 9.17) is 0 Å². The van der Waals surface area contributed by atoms with Crippen molar-refractivity contribution in [2.24, 2.45) is 0 Å². The summed E-state index contributed by atoms with van der Waals surface area (Å²) in [5.41, 5.74) is 2.92. The van der Waals surface area contributed by atoms with Gasteiger partial charge in [-0.3, -0.25) is 0 Å². The molecule has 1 aromatic carbocycles. The largest absolute Gasteiger partial charge is 0.0623 e. The van der Waals surface area contributed by atoms with Crippen LogP contribution in [0.2, 0.25) is 0 Å². The Bertz CT molecular complexity index is 269. The van der Waals surface area contributed by atoms with E-state index in [1.54, 1.807) is 0 Å². The highest BCUT2D eigenvalue weighted by molar-refractivity contribution is 5.21. The lowest BCUT2D eigenvalue weighted by Crippen LogP contribution is -1.86. The molecule has 2 rings (SSSR count). The maximum atomic E-state index is 3.42. The van der Waals surface area contributed by atoms with Crippen molar-refractivity contribution in [3.8, 4) is 0 Å². The molecule has 0 heteroatoms. The van der Waals surface area contributed by atoms with Crippen molar-refractivity contribution in [3.63, 3.8) is 0 Å². The van der Waals surface area contributed by atoms with Crippen LogP contribution in [0, 0.1) is 6.08 Å². The van der Waals surface area contributed by atoms with Crippen LogP contribution in [0.25, 0.3) is 0 Å². The lowest BCUT2D eigenvalue weighted by atomic mass is 10.1. The fourth-order valence-electron chi connectivity index (χ4n) is 1.65. The van der Waals surface area contributed by atoms with Gasteiger partial charge in [0.25, 0.3) is 0 Å². The first-order valence-corrected chi connectivity index (χ1v) is 4.57. The van der Waals surface area contributed by atoms with Gasteiger partial charge in [0, 0.05) is 0 Å². The first-order chi connectivity index (χ1) is 5.95. The van der Waals surface area contributed by atoms with Crippen LogP contribution in [0.5, 0.6) is 0 Å². The van der Waals surface area contributed by atoms with Gasteiger partial charge in [-0.2, -0.15) is 0 Å². The van der Waals surface area contributed by atoms with Crippen LogP contribution in [0.15, 0.2) is 35.9 Å². The zero-order chi connectivity index (χ0) is 8.23. The van der Waals surface area contributed by atoms with E-state index in [0.29, 0.717) is 0 Å². The molecule has 0 aliphatic heterocycles. The fraction of sp³-hybridized carbons (Fsp3) is 0.333. The topological polar surface area (TPSA) is 0 Å². The molecule has 0 atom stereocenters. The highest BCUT2D eigenvalue weighted by Crippen LogP contribution is 2.20. The zero-order valence-corrected chi connectivity index (χ0v) is 7.22. The molecule has 0 unspecified atom stereocenters. The molecule has 61 valence electrons. The van der Waals surface area contributed by atoms with Gasteiger partial charge >= 0.3 is 0 Å². The minimum absolute atomic E-state index is 1.11. The predicted octanol–water partition coefficient (Wildman–Crippen LogP) is 3.14. The first kappa shape index (κ1) is 7.60. The summed E-state index contributed by atoms with van der Waals surface area (Å²) >= 11 is 0. The van der Waals surface area contributed by atoms with Crippen LogP contribution in [0.3, 0.4) is 0 Å². The molecule has 1 radical (unpaired) electrons. The molecular weight excluding hydrogens is 144 g/mol. The van der Waals surface area contributed by atoms with Crippen molar-refractivity contribution in [2.75, 3.05) is 0 Å². The molecule has 0 aromatic heterocycles. The molecule has 0 saturated heterocycles. The van der Waals surface area contributed by atoms with Gasteiger partial charge in [0.15, 0.2) is 0 Å². The van der Waals surface area contributed by atoms with Crippen LogP contribution in [-0.2, 0) is 6.42 Å². The van der Waals surface area contributed by atoms with E-state index in [-0.39, 0.29) is 0 Å². The lowest BCUT2D eigenvalue weighted by molar-refractivity contribution is 0.885. The van der Waals surface area contributed by atoms with Gasteiger partial charge in [0.1, 0.15) is 0 Å². The molecule has 0 fully saturated rings. The van der Waals surface area contributed by atoms with Crippen LogP contribution < -0.4 is 0 Å². The molecule has 0 amide bonds. The predicted molar refractivity (Wildman–Crippen MR) is 50.8 cm³/mol. The summed E-state index contributed by atoms with van der Waals surface area (Å²) in [5, 5.41) is 0. The zero-order valence-electron chi connectivity index (χ0n) is 7.22. The number of rotatable bonds is 2. The molecule has 0 heterocycles. The molecule has 0 saturated carbocycles. The minimum atomic E-state index is 1.11. The van der Waals surface area contributed by atoms with Crippen molar-refractivity contribution in [3.05, 3.63) is 47.5 Å². The number of allylic oxidation sites excluding steroid dienone is 2. The van der Waals surface area contributed by atoms with Gasteiger partial charge < -0.3 is 0 Å². The Hall–Kier alpha value is -1.04. The van der Waals surface area contributed by atoms with Crippen LogP contribution in [0.1, 0.15) is 24.8 Å². The van der Waals surface area contributed by atoms with E-state index in [1.165, 1.54) is 30.4 Å². The highest BCUT2D eigenvalue weighted by Gasteiger charge is 2.04. The second-order valence-electron chi connectivity index (χ2n) is 3.30. The van der Waals surface area contributed by atoms with Crippen molar-refractivity contribution >= 4 is 0 Å². The summed E-state index contributed by atoms with van der Waals surface area (Å²) < 4.78 is 0. The Labute approximate surface area is 73.9 Å². The van der Waals surface area contributed by atoms with E-state index >= 15 is 0 Å². The molecule has 0 spiro atoms. The second-order valence-corrected chi connectivity index (χ2v) is 3.30. The van der Waals surface area contributed by atoms with Crippen LogP contribution in [0.4, 0.5) is 0 Å². The number of hydrogen-bond donors (Lipinski definition) is 0. The van der Waals surface area contributed by atoms with Crippen LogP contribution >= 0.6 is 0 Å². The third-order valence-corrected chi connectivity index (χ3v) is 2.29. The molecule has 1 aliphatic carbocycles. The minimum Gasteiger partial charge on any atom is -0.0623 e. The first-order valence-electron chi connectivity index (χ1n) is 4.57. The monoisotopic (exact) mass is 157 g/mol. The molecule has 0 nitrogen and oxygen atoms in total. The summed E-state index contributed by atoms with van der Waals surface area (Å²) in [7, 11) is 0. The Morgan fingerprint density at radius 3 is 2.67 bits per heavy atom. The van der Waals surface area contributed by atoms with E-state index in [0.717, 1.165) is 6.42 Å². The summed E-state index contributed by atoms with van der Waals surface area (Å²) in [6, 6.07) is 10.6. The quantitative estimate of drug-likeness (QED) is 0.618. The van der Waals surface area contributed by atoms with E-state index in [9.17, 15) is 0 Å². The Balaban J connectivity index is 2.04. The third kappa shape index (κ3) is 1.76. The van der Waals surface area contributed by atoms with Crippen molar-refractivity contribution in [1.82, 2.24) is 0 Å². The maximum absolute atomic E-state index is 3.42. The Morgan fingerprint density at radius 2 is 2.00 bits per heavy atom. The van der Waals surface area contributed by atoms with E-state index in [2.05, 4.69) is 36.4 Å². The smallest absolute Gasteiger partial charge is 0.00612 e. The summed E-state index contributed by atoms with van der Waals surface area (Å²) in [5.74, 6) is 0. The normalized spacial score (nSPS) is 16.2. The van der Waals surface area contributed by atoms with Gasteiger partial charge in [-0.05, 0) is 37.3 Å². The third-order valence-electron chi connectivity index (χ3n) is 2.29. The van der Waals surface area contributed by atoms with Crippen molar-refractivity contribution in [1.29, 1.82) is 0 Å². The molecule has 1 aromatic rings. The van der Waals surface area contributed by atoms with Crippen LogP contribution in [-0.4, -0.2) is 0 Å². The number of benzene rings is 1. The van der Waals surface area contributed by atoms with E-state index in [1.807, 2.05) is 0 Å².